The third kappa shape index (κ3) is 4.10. The molecule has 0 aliphatic carbocycles. The fraction of sp³-hybridized carbons (Fsp3) is 0.130. The van der Waals surface area contributed by atoms with Crippen LogP contribution >= 0.6 is 11.6 Å². The lowest BCUT2D eigenvalue weighted by molar-refractivity contribution is -0.125. The van der Waals surface area contributed by atoms with Crippen LogP contribution in [0.25, 0.3) is 0 Å². The number of fused-ring (bicyclic) bond motifs is 1. The standard InChI is InChI=1S/C23H20ClN3O2/c1-15-7-9-17(10-8-15)22-25-20-12-11-18(24)14-19(20)23(29)27(22)26-21(28)13-16-5-3-2-4-6-16/h2-12,14,22,25H,13H2,1H3,(H,26,28). The smallest absolute Gasteiger partial charge is 0.276 e. The van der Waals surface area contributed by atoms with E-state index in [1.54, 1.807) is 18.2 Å². The van der Waals surface area contributed by atoms with Gasteiger partial charge in [0.15, 0.2) is 0 Å². The molecule has 29 heavy (non-hydrogen) atoms. The molecule has 0 saturated carbocycles. The first-order valence-corrected chi connectivity index (χ1v) is 9.69. The Morgan fingerprint density at radius 1 is 1.07 bits per heavy atom. The number of nitrogens with zero attached hydrogens (tertiary/aromatic N) is 1. The van der Waals surface area contributed by atoms with Gasteiger partial charge in [0, 0.05) is 10.7 Å². The Bertz CT molecular complexity index is 1050. The van der Waals surface area contributed by atoms with E-state index < -0.39 is 6.17 Å². The predicted molar refractivity (Wildman–Crippen MR) is 113 cm³/mol. The zero-order valence-electron chi connectivity index (χ0n) is 15.9. The van der Waals surface area contributed by atoms with Crippen molar-refractivity contribution >= 4 is 29.1 Å². The first kappa shape index (κ1) is 19.0. The summed E-state index contributed by atoms with van der Waals surface area (Å²) in [4.78, 5) is 25.9. The Morgan fingerprint density at radius 3 is 2.52 bits per heavy atom. The fourth-order valence-electron chi connectivity index (χ4n) is 3.33. The number of halogens is 1. The molecule has 1 atom stereocenters. The highest BCUT2D eigenvalue weighted by Crippen LogP contribution is 2.33. The van der Waals surface area contributed by atoms with Crippen LogP contribution in [-0.4, -0.2) is 16.8 Å². The summed E-state index contributed by atoms with van der Waals surface area (Å²) < 4.78 is 0. The van der Waals surface area contributed by atoms with E-state index in [9.17, 15) is 9.59 Å². The molecule has 146 valence electrons. The van der Waals surface area contributed by atoms with Crippen LogP contribution in [0.15, 0.2) is 72.8 Å². The van der Waals surface area contributed by atoms with Gasteiger partial charge in [0.2, 0.25) is 5.91 Å². The van der Waals surface area contributed by atoms with E-state index in [2.05, 4.69) is 10.7 Å². The quantitative estimate of drug-likeness (QED) is 0.672. The number of rotatable bonds is 4. The van der Waals surface area contributed by atoms with Crippen LogP contribution < -0.4 is 10.7 Å². The van der Waals surface area contributed by atoms with Gasteiger partial charge in [-0.25, -0.2) is 5.01 Å². The van der Waals surface area contributed by atoms with Crippen molar-refractivity contribution in [2.75, 3.05) is 5.32 Å². The Hall–Kier alpha value is -3.31. The summed E-state index contributed by atoms with van der Waals surface area (Å²) in [5, 5.41) is 5.14. The second kappa shape index (κ2) is 7.97. The van der Waals surface area contributed by atoms with Crippen molar-refractivity contribution in [1.82, 2.24) is 10.4 Å². The van der Waals surface area contributed by atoms with Crippen LogP contribution in [-0.2, 0) is 11.2 Å². The second-order valence-electron chi connectivity index (χ2n) is 7.02. The van der Waals surface area contributed by atoms with Crippen molar-refractivity contribution in [3.05, 3.63) is 100 Å². The topological polar surface area (TPSA) is 61.4 Å². The molecule has 4 rings (SSSR count). The Balaban J connectivity index is 1.65. The summed E-state index contributed by atoms with van der Waals surface area (Å²) in [6, 6.07) is 22.4. The van der Waals surface area contributed by atoms with Crippen molar-refractivity contribution in [2.45, 2.75) is 19.5 Å². The Morgan fingerprint density at radius 2 is 1.79 bits per heavy atom. The molecule has 0 aromatic heterocycles. The number of aryl methyl sites for hydroxylation is 1. The average Bonchev–Trinajstić information content (AvgIpc) is 2.72. The molecule has 0 fully saturated rings. The first-order chi connectivity index (χ1) is 14.0. The number of anilines is 1. The van der Waals surface area contributed by atoms with Gasteiger partial charge in [-0.15, -0.1) is 0 Å². The molecule has 0 radical (unpaired) electrons. The van der Waals surface area contributed by atoms with E-state index in [4.69, 9.17) is 11.6 Å². The molecule has 2 N–H and O–H groups in total. The number of hydrazine groups is 1. The average molecular weight is 406 g/mol. The number of hydrogen-bond acceptors (Lipinski definition) is 3. The number of nitrogens with one attached hydrogen (secondary N) is 2. The van der Waals surface area contributed by atoms with Gasteiger partial charge in [0.1, 0.15) is 6.17 Å². The monoisotopic (exact) mass is 405 g/mol. The lowest BCUT2D eigenvalue weighted by Crippen LogP contribution is -2.53. The SMILES string of the molecule is Cc1ccc(C2Nc3ccc(Cl)cc3C(=O)N2NC(=O)Cc2ccccc2)cc1. The molecule has 1 unspecified atom stereocenters. The van der Waals surface area contributed by atoms with E-state index in [1.807, 2.05) is 61.5 Å². The van der Waals surface area contributed by atoms with Crippen molar-refractivity contribution in [3.63, 3.8) is 0 Å². The molecule has 3 aromatic rings. The molecule has 1 aliphatic rings. The van der Waals surface area contributed by atoms with E-state index in [-0.39, 0.29) is 18.2 Å². The minimum Gasteiger partial charge on any atom is -0.359 e. The van der Waals surface area contributed by atoms with Crippen molar-refractivity contribution in [2.24, 2.45) is 0 Å². The maximum atomic E-state index is 13.2. The van der Waals surface area contributed by atoms with Crippen LogP contribution in [0.5, 0.6) is 0 Å². The van der Waals surface area contributed by atoms with Gasteiger partial charge < -0.3 is 5.32 Å². The van der Waals surface area contributed by atoms with Gasteiger partial charge in [-0.2, -0.15) is 0 Å². The normalized spacial score (nSPS) is 15.4. The van der Waals surface area contributed by atoms with Gasteiger partial charge in [-0.3, -0.25) is 15.0 Å². The molecule has 3 aromatic carbocycles. The maximum absolute atomic E-state index is 13.2. The summed E-state index contributed by atoms with van der Waals surface area (Å²) in [6.45, 7) is 2.00. The molecular formula is C23H20ClN3O2. The van der Waals surface area contributed by atoms with Gasteiger partial charge in [0.05, 0.1) is 12.0 Å². The number of carbonyl (C=O) groups is 2. The Labute approximate surface area is 174 Å². The summed E-state index contributed by atoms with van der Waals surface area (Å²) in [5.74, 6) is -0.581. The number of hydrogen-bond donors (Lipinski definition) is 2. The summed E-state index contributed by atoms with van der Waals surface area (Å²) in [6.07, 6.45) is -0.357. The molecule has 0 spiro atoms. The zero-order chi connectivity index (χ0) is 20.4. The molecule has 2 amide bonds. The lowest BCUT2D eigenvalue weighted by Gasteiger charge is -2.38. The molecule has 0 bridgehead atoms. The Kier molecular flexibility index (Phi) is 5.23. The van der Waals surface area contributed by atoms with Gasteiger partial charge in [-0.05, 0) is 36.2 Å². The summed E-state index contributed by atoms with van der Waals surface area (Å²) in [5.41, 5.74) is 6.73. The molecule has 5 nitrogen and oxygen atoms in total. The second-order valence-corrected chi connectivity index (χ2v) is 7.46. The van der Waals surface area contributed by atoms with Gasteiger partial charge >= 0.3 is 0 Å². The first-order valence-electron chi connectivity index (χ1n) is 9.31. The van der Waals surface area contributed by atoms with E-state index >= 15 is 0 Å². The zero-order valence-corrected chi connectivity index (χ0v) is 16.6. The highest BCUT2D eigenvalue weighted by molar-refractivity contribution is 6.31. The largest absolute Gasteiger partial charge is 0.359 e. The lowest BCUT2D eigenvalue weighted by atomic mass is 10.0. The van der Waals surface area contributed by atoms with E-state index in [0.29, 0.717) is 16.3 Å². The van der Waals surface area contributed by atoms with Crippen molar-refractivity contribution in [1.29, 1.82) is 0 Å². The van der Waals surface area contributed by atoms with Crippen LogP contribution in [0, 0.1) is 6.92 Å². The summed E-state index contributed by atoms with van der Waals surface area (Å²) >= 11 is 6.09. The highest BCUT2D eigenvalue weighted by Gasteiger charge is 2.34. The number of amides is 2. The minimum atomic E-state index is -0.531. The van der Waals surface area contributed by atoms with Gasteiger partial charge in [0.25, 0.3) is 5.91 Å². The fourth-order valence-corrected chi connectivity index (χ4v) is 3.50. The van der Waals surface area contributed by atoms with Crippen LogP contribution in [0.4, 0.5) is 5.69 Å². The summed E-state index contributed by atoms with van der Waals surface area (Å²) in [7, 11) is 0. The third-order valence-electron chi connectivity index (χ3n) is 4.83. The number of benzene rings is 3. The van der Waals surface area contributed by atoms with Crippen LogP contribution in [0.2, 0.25) is 5.02 Å². The molecule has 1 aliphatic heterocycles. The van der Waals surface area contributed by atoms with Crippen LogP contribution in [0.3, 0.4) is 0 Å². The molecule has 1 heterocycles. The molecular weight excluding hydrogens is 386 g/mol. The van der Waals surface area contributed by atoms with Crippen LogP contribution in [0.1, 0.15) is 33.2 Å². The van der Waals surface area contributed by atoms with Crippen molar-refractivity contribution in [3.8, 4) is 0 Å². The molecule has 6 heteroatoms. The van der Waals surface area contributed by atoms with Gasteiger partial charge in [-0.1, -0.05) is 71.8 Å². The van der Waals surface area contributed by atoms with Crippen molar-refractivity contribution < 1.29 is 9.59 Å². The van der Waals surface area contributed by atoms with E-state index in [1.165, 1.54) is 5.01 Å². The third-order valence-corrected chi connectivity index (χ3v) is 5.06. The number of carbonyl (C=O) groups excluding carboxylic acids is 2. The predicted octanol–water partition coefficient (Wildman–Crippen LogP) is 4.49. The molecule has 0 saturated heterocycles. The van der Waals surface area contributed by atoms with E-state index in [0.717, 1.165) is 16.7 Å². The minimum absolute atomic E-state index is 0.174. The maximum Gasteiger partial charge on any atom is 0.276 e. The highest BCUT2D eigenvalue weighted by atomic mass is 35.5.